The molecule has 0 amide bonds. The van der Waals surface area contributed by atoms with Crippen LogP contribution < -0.4 is 10.5 Å². The lowest BCUT2D eigenvalue weighted by atomic mass is 10.2. The van der Waals surface area contributed by atoms with E-state index in [-0.39, 0.29) is 18.2 Å². The molecule has 0 bridgehead atoms. The smallest absolute Gasteiger partial charge is 0.219 e. The summed E-state index contributed by atoms with van der Waals surface area (Å²) in [6, 6.07) is 7.69. The van der Waals surface area contributed by atoms with Gasteiger partial charge in [-0.1, -0.05) is 23.7 Å². The van der Waals surface area contributed by atoms with Crippen LogP contribution in [-0.4, -0.2) is 4.98 Å². The van der Waals surface area contributed by atoms with E-state index in [1.807, 2.05) is 0 Å². The number of nitrogens with zero attached hydrogens (tertiary/aromatic N) is 1. The quantitative estimate of drug-likeness (QED) is 0.913. The molecule has 3 nitrogen and oxygen atoms in total. The monoisotopic (exact) mass is 252 g/mol. The van der Waals surface area contributed by atoms with Crippen molar-refractivity contribution in [2.24, 2.45) is 5.73 Å². The molecule has 0 aliphatic heterocycles. The molecule has 2 N–H and O–H groups in total. The van der Waals surface area contributed by atoms with Crippen molar-refractivity contribution in [2.45, 2.75) is 6.54 Å². The van der Waals surface area contributed by atoms with Crippen molar-refractivity contribution in [1.29, 1.82) is 0 Å². The fraction of sp³-hybridized carbons (Fsp3) is 0.0833. The number of nitrogens with two attached hydrogens (primary N) is 1. The van der Waals surface area contributed by atoms with Gasteiger partial charge in [-0.05, 0) is 17.7 Å². The molecule has 2 aromatic rings. The zero-order valence-corrected chi connectivity index (χ0v) is 9.62. The Labute approximate surface area is 103 Å². The largest absolute Gasteiger partial charge is 0.436 e. The maximum atomic E-state index is 13.3. The van der Waals surface area contributed by atoms with E-state index in [4.69, 9.17) is 22.1 Å². The van der Waals surface area contributed by atoms with Crippen LogP contribution in [0.2, 0.25) is 5.02 Å². The van der Waals surface area contributed by atoms with Crippen LogP contribution >= 0.6 is 11.6 Å². The highest BCUT2D eigenvalue weighted by Crippen LogP contribution is 2.25. The molecule has 0 unspecified atom stereocenters. The van der Waals surface area contributed by atoms with Crippen molar-refractivity contribution >= 4 is 11.6 Å². The van der Waals surface area contributed by atoms with Crippen molar-refractivity contribution in [1.82, 2.24) is 4.98 Å². The van der Waals surface area contributed by atoms with Gasteiger partial charge in [0.1, 0.15) is 0 Å². The minimum atomic E-state index is -0.446. The number of rotatable bonds is 3. The van der Waals surface area contributed by atoms with E-state index in [9.17, 15) is 4.39 Å². The van der Waals surface area contributed by atoms with Crippen molar-refractivity contribution in [3.8, 4) is 11.6 Å². The Morgan fingerprint density at radius 3 is 2.82 bits per heavy atom. The highest BCUT2D eigenvalue weighted by molar-refractivity contribution is 6.31. The second-order valence-electron chi connectivity index (χ2n) is 3.35. The van der Waals surface area contributed by atoms with Gasteiger partial charge in [-0.3, -0.25) is 0 Å². The van der Waals surface area contributed by atoms with Gasteiger partial charge >= 0.3 is 0 Å². The lowest BCUT2D eigenvalue weighted by molar-refractivity contribution is 0.427. The van der Waals surface area contributed by atoms with E-state index >= 15 is 0 Å². The zero-order chi connectivity index (χ0) is 12.3. The van der Waals surface area contributed by atoms with Gasteiger partial charge in [0.2, 0.25) is 5.88 Å². The molecular formula is C12H10ClFN2O. The molecule has 0 radical (unpaired) electrons. The van der Waals surface area contributed by atoms with E-state index in [1.54, 1.807) is 18.2 Å². The molecule has 0 fully saturated rings. The Bertz CT molecular complexity index is 534. The van der Waals surface area contributed by atoms with Crippen molar-refractivity contribution in [3.63, 3.8) is 0 Å². The number of hydrogen-bond donors (Lipinski definition) is 1. The highest BCUT2D eigenvalue weighted by Gasteiger charge is 2.06. The molecule has 1 heterocycles. The number of benzene rings is 1. The Balaban J connectivity index is 2.28. The molecule has 5 heteroatoms. The first-order chi connectivity index (χ1) is 8.20. The van der Waals surface area contributed by atoms with Gasteiger partial charge in [-0.25, -0.2) is 9.37 Å². The second-order valence-corrected chi connectivity index (χ2v) is 3.76. The predicted octanol–water partition coefficient (Wildman–Crippen LogP) is 3.13. The summed E-state index contributed by atoms with van der Waals surface area (Å²) < 4.78 is 18.6. The van der Waals surface area contributed by atoms with Crippen molar-refractivity contribution < 1.29 is 9.13 Å². The fourth-order valence-corrected chi connectivity index (χ4v) is 1.49. The molecule has 1 aromatic heterocycles. The number of ether oxygens (including phenoxy) is 1. The summed E-state index contributed by atoms with van der Waals surface area (Å²) in [7, 11) is 0. The number of pyridine rings is 1. The van der Waals surface area contributed by atoms with E-state index in [0.29, 0.717) is 10.6 Å². The van der Waals surface area contributed by atoms with E-state index in [0.717, 1.165) is 0 Å². The van der Waals surface area contributed by atoms with Gasteiger partial charge in [-0.15, -0.1) is 0 Å². The molecule has 88 valence electrons. The topological polar surface area (TPSA) is 48.1 Å². The molecule has 0 aliphatic rings. The lowest BCUT2D eigenvalue weighted by Gasteiger charge is -2.07. The molecule has 1 aromatic carbocycles. The Kier molecular flexibility index (Phi) is 3.56. The third kappa shape index (κ3) is 2.72. The fourth-order valence-electron chi connectivity index (χ4n) is 1.31. The Morgan fingerprint density at radius 1 is 1.35 bits per heavy atom. The van der Waals surface area contributed by atoms with Gasteiger partial charge in [0, 0.05) is 18.8 Å². The van der Waals surface area contributed by atoms with Gasteiger partial charge < -0.3 is 10.5 Å². The van der Waals surface area contributed by atoms with Gasteiger partial charge in [0.05, 0.1) is 5.02 Å². The first-order valence-electron chi connectivity index (χ1n) is 4.97. The van der Waals surface area contributed by atoms with Crippen LogP contribution in [0, 0.1) is 5.82 Å². The Morgan fingerprint density at radius 2 is 2.12 bits per heavy atom. The molecule has 0 spiro atoms. The zero-order valence-electron chi connectivity index (χ0n) is 8.86. The van der Waals surface area contributed by atoms with E-state index in [1.165, 1.54) is 18.3 Å². The molecule has 0 atom stereocenters. The third-order valence-corrected chi connectivity index (χ3v) is 2.52. The summed E-state index contributed by atoms with van der Waals surface area (Å²) in [6.07, 6.45) is 1.43. The van der Waals surface area contributed by atoms with Crippen molar-refractivity contribution in [2.75, 3.05) is 0 Å². The first-order valence-corrected chi connectivity index (χ1v) is 5.35. The minimum Gasteiger partial charge on any atom is -0.436 e. The van der Waals surface area contributed by atoms with Crippen LogP contribution in [0.5, 0.6) is 11.6 Å². The van der Waals surface area contributed by atoms with Crippen LogP contribution in [0.25, 0.3) is 0 Å². The normalized spacial score (nSPS) is 10.3. The standard InChI is InChI=1S/C12H10ClFN2O/c13-9-7-16-12(5-8(9)6-15)17-11-4-2-1-3-10(11)14/h1-5,7H,6,15H2. The van der Waals surface area contributed by atoms with E-state index in [2.05, 4.69) is 4.98 Å². The van der Waals surface area contributed by atoms with Gasteiger partial charge in [-0.2, -0.15) is 0 Å². The van der Waals surface area contributed by atoms with E-state index < -0.39 is 5.82 Å². The number of aromatic nitrogens is 1. The molecule has 0 saturated carbocycles. The molecule has 0 aliphatic carbocycles. The second kappa shape index (κ2) is 5.12. The molecule has 0 saturated heterocycles. The minimum absolute atomic E-state index is 0.116. The van der Waals surface area contributed by atoms with Crippen LogP contribution in [0.1, 0.15) is 5.56 Å². The molecular weight excluding hydrogens is 243 g/mol. The van der Waals surface area contributed by atoms with Crippen LogP contribution in [-0.2, 0) is 6.54 Å². The Hall–Kier alpha value is -1.65. The summed E-state index contributed by atoms with van der Waals surface area (Å²) in [6.45, 7) is 0.273. The van der Waals surface area contributed by atoms with Gasteiger partial charge in [0.15, 0.2) is 11.6 Å². The first kappa shape index (κ1) is 11.8. The number of hydrogen-bond acceptors (Lipinski definition) is 3. The SMILES string of the molecule is NCc1cc(Oc2ccccc2F)ncc1Cl. The highest BCUT2D eigenvalue weighted by atomic mass is 35.5. The predicted molar refractivity (Wildman–Crippen MR) is 63.6 cm³/mol. The summed E-state index contributed by atoms with van der Waals surface area (Å²) >= 11 is 5.86. The third-order valence-electron chi connectivity index (χ3n) is 2.18. The summed E-state index contributed by atoms with van der Waals surface area (Å²) in [5.74, 6) is -0.0659. The van der Waals surface area contributed by atoms with Crippen molar-refractivity contribution in [3.05, 3.63) is 52.9 Å². The average molecular weight is 253 g/mol. The summed E-state index contributed by atoms with van der Waals surface area (Å²) in [4.78, 5) is 3.95. The summed E-state index contributed by atoms with van der Waals surface area (Å²) in [5.41, 5.74) is 6.20. The van der Waals surface area contributed by atoms with Crippen LogP contribution in [0.4, 0.5) is 4.39 Å². The van der Waals surface area contributed by atoms with Gasteiger partial charge in [0.25, 0.3) is 0 Å². The number of para-hydroxylation sites is 1. The average Bonchev–Trinajstić information content (AvgIpc) is 2.34. The van der Waals surface area contributed by atoms with Crippen LogP contribution in [0.15, 0.2) is 36.5 Å². The summed E-state index contributed by atoms with van der Waals surface area (Å²) in [5, 5.41) is 0.466. The maximum absolute atomic E-state index is 13.3. The lowest BCUT2D eigenvalue weighted by Crippen LogP contribution is -1.99. The van der Waals surface area contributed by atoms with Crippen LogP contribution in [0.3, 0.4) is 0 Å². The molecule has 2 rings (SSSR count). The molecule has 17 heavy (non-hydrogen) atoms. The maximum Gasteiger partial charge on any atom is 0.219 e. The number of halogens is 2.